The molecule has 2 N–H and O–H groups in total. The number of hydrogen-bond acceptors (Lipinski definition) is 4. The molecule has 1 aliphatic rings. The number of halogens is 1. The molecule has 1 fully saturated rings. The van der Waals surface area contributed by atoms with Crippen molar-refractivity contribution in [1.82, 2.24) is 5.32 Å². The summed E-state index contributed by atoms with van der Waals surface area (Å²) in [7, 11) is 1.55. The van der Waals surface area contributed by atoms with Crippen LogP contribution in [-0.4, -0.2) is 38.7 Å². The lowest BCUT2D eigenvalue weighted by Gasteiger charge is -2.37. The number of benzene rings is 2. The number of amides is 2. The number of methoxy groups -OCH3 is 1. The molecule has 2 aromatic rings. The van der Waals surface area contributed by atoms with Crippen molar-refractivity contribution in [3.8, 4) is 5.75 Å². The fourth-order valence-electron chi connectivity index (χ4n) is 3.33. The van der Waals surface area contributed by atoms with Crippen LogP contribution < -0.4 is 15.4 Å². The molecule has 0 unspecified atom stereocenters. The van der Waals surface area contributed by atoms with Gasteiger partial charge in [0.2, 0.25) is 0 Å². The third-order valence-corrected chi connectivity index (χ3v) is 5.05. The van der Waals surface area contributed by atoms with E-state index < -0.39 is 11.8 Å². The highest BCUT2D eigenvalue weighted by atomic mass is 19.1. The second kappa shape index (κ2) is 8.84. The lowest BCUT2D eigenvalue weighted by molar-refractivity contribution is -0.136. The van der Waals surface area contributed by atoms with Gasteiger partial charge in [-0.05, 0) is 54.8 Å². The summed E-state index contributed by atoms with van der Waals surface area (Å²) < 4.78 is 23.8. The first-order valence-electron chi connectivity index (χ1n) is 9.09. The van der Waals surface area contributed by atoms with Gasteiger partial charge >= 0.3 is 11.8 Å². The van der Waals surface area contributed by atoms with Crippen molar-refractivity contribution in [3.05, 3.63) is 59.9 Å². The van der Waals surface area contributed by atoms with Gasteiger partial charge in [0, 0.05) is 30.9 Å². The summed E-state index contributed by atoms with van der Waals surface area (Å²) in [6.07, 6.45) is 1.36. The van der Waals surface area contributed by atoms with E-state index in [9.17, 15) is 14.0 Å². The molecule has 1 aliphatic heterocycles. The zero-order valence-electron chi connectivity index (χ0n) is 15.7. The number of anilines is 1. The van der Waals surface area contributed by atoms with Crippen LogP contribution in [0.25, 0.3) is 0 Å². The molecular formula is C21H23FN2O4. The van der Waals surface area contributed by atoms with Gasteiger partial charge in [0.25, 0.3) is 0 Å². The van der Waals surface area contributed by atoms with Crippen LogP contribution in [0.5, 0.6) is 5.75 Å². The van der Waals surface area contributed by atoms with E-state index in [2.05, 4.69) is 10.6 Å². The predicted octanol–water partition coefficient (Wildman–Crippen LogP) is 2.64. The SMILES string of the molecule is COc1ccc(NC(=O)C(=O)NCC2(c3ccc(F)cc3)CCOCC2)cc1. The molecule has 3 rings (SSSR count). The first kappa shape index (κ1) is 19.8. The molecule has 0 saturated carbocycles. The van der Waals surface area contributed by atoms with Gasteiger partial charge in [-0.2, -0.15) is 0 Å². The van der Waals surface area contributed by atoms with E-state index in [-0.39, 0.29) is 17.8 Å². The Morgan fingerprint density at radius 2 is 1.68 bits per heavy atom. The van der Waals surface area contributed by atoms with Crippen LogP contribution in [0.15, 0.2) is 48.5 Å². The molecule has 1 saturated heterocycles. The molecule has 28 heavy (non-hydrogen) atoms. The van der Waals surface area contributed by atoms with Gasteiger partial charge in [-0.3, -0.25) is 9.59 Å². The molecule has 0 aromatic heterocycles. The van der Waals surface area contributed by atoms with E-state index in [1.807, 2.05) is 0 Å². The number of hydrogen-bond donors (Lipinski definition) is 2. The molecule has 2 aromatic carbocycles. The molecule has 0 spiro atoms. The van der Waals surface area contributed by atoms with E-state index in [0.717, 1.165) is 5.56 Å². The van der Waals surface area contributed by atoms with Crippen LogP contribution >= 0.6 is 0 Å². The van der Waals surface area contributed by atoms with Crippen molar-refractivity contribution in [2.45, 2.75) is 18.3 Å². The molecule has 0 atom stereocenters. The van der Waals surface area contributed by atoms with Crippen LogP contribution in [0, 0.1) is 5.82 Å². The highest BCUT2D eigenvalue weighted by molar-refractivity contribution is 6.39. The second-order valence-electron chi connectivity index (χ2n) is 6.76. The number of nitrogens with one attached hydrogen (secondary N) is 2. The third kappa shape index (κ3) is 4.67. The molecule has 1 heterocycles. The Hall–Kier alpha value is -2.93. The second-order valence-corrected chi connectivity index (χ2v) is 6.76. The van der Waals surface area contributed by atoms with Gasteiger partial charge in [-0.1, -0.05) is 12.1 Å². The summed E-state index contributed by atoms with van der Waals surface area (Å²) in [5.41, 5.74) is 1.04. The van der Waals surface area contributed by atoms with Crippen LogP contribution in [-0.2, 0) is 19.7 Å². The zero-order chi connectivity index (χ0) is 20.0. The largest absolute Gasteiger partial charge is 0.497 e. The fraction of sp³-hybridized carbons (Fsp3) is 0.333. The normalized spacial score (nSPS) is 15.5. The van der Waals surface area contributed by atoms with Gasteiger partial charge in [0.05, 0.1) is 7.11 Å². The molecule has 7 heteroatoms. The smallest absolute Gasteiger partial charge is 0.313 e. The molecule has 0 radical (unpaired) electrons. The highest BCUT2D eigenvalue weighted by Gasteiger charge is 2.35. The average molecular weight is 386 g/mol. The minimum absolute atomic E-state index is 0.275. The Balaban J connectivity index is 1.64. The summed E-state index contributed by atoms with van der Waals surface area (Å²) in [6, 6.07) is 13.0. The Morgan fingerprint density at radius 1 is 1.04 bits per heavy atom. The van der Waals surface area contributed by atoms with Crippen molar-refractivity contribution >= 4 is 17.5 Å². The maximum absolute atomic E-state index is 13.3. The Morgan fingerprint density at radius 3 is 2.29 bits per heavy atom. The summed E-state index contributed by atoms with van der Waals surface area (Å²) in [5.74, 6) is -1.12. The molecule has 0 bridgehead atoms. The summed E-state index contributed by atoms with van der Waals surface area (Å²) in [5, 5.41) is 5.28. The van der Waals surface area contributed by atoms with E-state index >= 15 is 0 Å². The Labute approximate surface area is 163 Å². The van der Waals surface area contributed by atoms with Gasteiger partial charge in [-0.15, -0.1) is 0 Å². The first-order valence-corrected chi connectivity index (χ1v) is 9.09. The minimum atomic E-state index is -0.744. The van der Waals surface area contributed by atoms with E-state index in [0.29, 0.717) is 37.5 Å². The van der Waals surface area contributed by atoms with Crippen molar-refractivity contribution in [3.63, 3.8) is 0 Å². The van der Waals surface area contributed by atoms with Crippen molar-refractivity contribution in [1.29, 1.82) is 0 Å². The highest BCUT2D eigenvalue weighted by Crippen LogP contribution is 2.34. The maximum Gasteiger partial charge on any atom is 0.313 e. The van der Waals surface area contributed by atoms with Crippen molar-refractivity contribution in [2.24, 2.45) is 0 Å². The van der Waals surface area contributed by atoms with E-state index in [4.69, 9.17) is 9.47 Å². The summed E-state index contributed by atoms with van der Waals surface area (Å²) >= 11 is 0. The summed E-state index contributed by atoms with van der Waals surface area (Å²) in [6.45, 7) is 1.37. The van der Waals surface area contributed by atoms with E-state index in [1.54, 1.807) is 43.5 Å². The number of ether oxygens (including phenoxy) is 2. The van der Waals surface area contributed by atoms with Crippen LogP contribution in [0.1, 0.15) is 18.4 Å². The maximum atomic E-state index is 13.3. The van der Waals surface area contributed by atoms with Crippen molar-refractivity contribution in [2.75, 3.05) is 32.2 Å². The van der Waals surface area contributed by atoms with Crippen LogP contribution in [0.3, 0.4) is 0 Å². The monoisotopic (exact) mass is 386 g/mol. The average Bonchev–Trinajstić information content (AvgIpc) is 2.73. The first-order chi connectivity index (χ1) is 13.5. The molecule has 148 valence electrons. The number of rotatable bonds is 5. The number of carbonyl (C=O) groups is 2. The van der Waals surface area contributed by atoms with Gasteiger partial charge < -0.3 is 20.1 Å². The molecular weight excluding hydrogens is 363 g/mol. The topological polar surface area (TPSA) is 76.7 Å². The molecule has 6 nitrogen and oxygen atoms in total. The van der Waals surface area contributed by atoms with Crippen LogP contribution in [0.2, 0.25) is 0 Å². The quantitative estimate of drug-likeness (QED) is 0.775. The lowest BCUT2D eigenvalue weighted by Crippen LogP contribution is -2.47. The predicted molar refractivity (Wildman–Crippen MR) is 103 cm³/mol. The standard InChI is InChI=1S/C21H23FN2O4/c1-27-18-8-6-17(7-9-18)24-20(26)19(25)23-14-21(10-12-28-13-11-21)15-2-4-16(22)5-3-15/h2-9H,10-14H2,1H3,(H,23,25)(H,24,26). The fourth-order valence-corrected chi connectivity index (χ4v) is 3.33. The van der Waals surface area contributed by atoms with Gasteiger partial charge in [0.15, 0.2) is 0 Å². The lowest BCUT2D eigenvalue weighted by atomic mass is 9.74. The van der Waals surface area contributed by atoms with Crippen molar-refractivity contribution < 1.29 is 23.5 Å². The molecule has 0 aliphatic carbocycles. The minimum Gasteiger partial charge on any atom is -0.497 e. The van der Waals surface area contributed by atoms with E-state index in [1.165, 1.54) is 12.1 Å². The van der Waals surface area contributed by atoms with Gasteiger partial charge in [0.1, 0.15) is 11.6 Å². The number of carbonyl (C=O) groups excluding carboxylic acids is 2. The van der Waals surface area contributed by atoms with Crippen LogP contribution in [0.4, 0.5) is 10.1 Å². The Kier molecular flexibility index (Phi) is 6.26. The third-order valence-electron chi connectivity index (χ3n) is 5.05. The molecule has 2 amide bonds. The summed E-state index contributed by atoms with van der Waals surface area (Å²) in [4.78, 5) is 24.5. The Bertz CT molecular complexity index is 815. The zero-order valence-corrected chi connectivity index (χ0v) is 15.7. The van der Waals surface area contributed by atoms with Gasteiger partial charge in [-0.25, -0.2) is 4.39 Å².